The lowest BCUT2D eigenvalue weighted by atomic mass is 9.73. The van der Waals surface area contributed by atoms with Crippen molar-refractivity contribution < 1.29 is 10.2 Å². The standard InChI is InChI=1S/C17H36O2/c1-5-8-10-12-15(18)16(19)17(4,13-7-3)14-11-9-6-2/h15-16,18-19H,5-14H2,1-4H3. The van der Waals surface area contributed by atoms with Crippen molar-refractivity contribution in [3.8, 4) is 0 Å². The largest absolute Gasteiger partial charge is 0.390 e. The smallest absolute Gasteiger partial charge is 0.0852 e. The van der Waals surface area contributed by atoms with Crippen molar-refractivity contribution in [2.24, 2.45) is 5.41 Å². The zero-order valence-electron chi connectivity index (χ0n) is 13.6. The molecular weight excluding hydrogens is 236 g/mol. The molecule has 0 aromatic heterocycles. The van der Waals surface area contributed by atoms with Crippen LogP contribution in [0.5, 0.6) is 0 Å². The van der Waals surface area contributed by atoms with Gasteiger partial charge in [-0.2, -0.15) is 0 Å². The molecule has 0 aliphatic carbocycles. The fourth-order valence-corrected chi connectivity index (χ4v) is 3.00. The monoisotopic (exact) mass is 272 g/mol. The summed E-state index contributed by atoms with van der Waals surface area (Å²) in [6.07, 6.45) is 9.63. The third-order valence-electron chi connectivity index (χ3n) is 4.35. The van der Waals surface area contributed by atoms with E-state index in [4.69, 9.17) is 0 Å². The number of hydrogen-bond acceptors (Lipinski definition) is 2. The molecule has 0 aliphatic rings. The van der Waals surface area contributed by atoms with Gasteiger partial charge in [0.15, 0.2) is 0 Å². The Labute approximate surface area is 120 Å². The van der Waals surface area contributed by atoms with E-state index in [9.17, 15) is 10.2 Å². The Kier molecular flexibility index (Phi) is 10.6. The first-order chi connectivity index (χ1) is 9.01. The quantitative estimate of drug-likeness (QED) is 0.507. The maximum Gasteiger partial charge on any atom is 0.0852 e. The van der Waals surface area contributed by atoms with Gasteiger partial charge in [0.05, 0.1) is 12.2 Å². The van der Waals surface area contributed by atoms with Gasteiger partial charge >= 0.3 is 0 Å². The van der Waals surface area contributed by atoms with Crippen molar-refractivity contribution >= 4 is 0 Å². The number of rotatable bonds is 12. The maximum atomic E-state index is 10.5. The Balaban J connectivity index is 4.38. The van der Waals surface area contributed by atoms with Crippen LogP contribution in [0, 0.1) is 5.41 Å². The molecule has 0 aromatic rings. The van der Waals surface area contributed by atoms with Gasteiger partial charge in [0.1, 0.15) is 0 Å². The molecule has 0 fully saturated rings. The first-order valence-electron chi connectivity index (χ1n) is 8.38. The average Bonchev–Trinajstić information content (AvgIpc) is 2.38. The van der Waals surface area contributed by atoms with E-state index in [0.717, 1.165) is 51.4 Å². The fourth-order valence-electron chi connectivity index (χ4n) is 3.00. The van der Waals surface area contributed by atoms with E-state index in [2.05, 4.69) is 27.7 Å². The highest BCUT2D eigenvalue weighted by Crippen LogP contribution is 2.36. The van der Waals surface area contributed by atoms with Crippen LogP contribution < -0.4 is 0 Å². The second-order valence-corrected chi connectivity index (χ2v) is 6.37. The van der Waals surface area contributed by atoms with Crippen LogP contribution >= 0.6 is 0 Å². The van der Waals surface area contributed by atoms with Gasteiger partial charge in [0, 0.05) is 0 Å². The highest BCUT2D eigenvalue weighted by atomic mass is 16.3. The fraction of sp³-hybridized carbons (Fsp3) is 1.00. The van der Waals surface area contributed by atoms with Gasteiger partial charge in [-0.3, -0.25) is 0 Å². The molecular formula is C17H36O2. The van der Waals surface area contributed by atoms with Crippen molar-refractivity contribution in [3.63, 3.8) is 0 Å². The molecule has 0 bridgehead atoms. The Morgan fingerprint density at radius 3 is 1.89 bits per heavy atom. The van der Waals surface area contributed by atoms with E-state index >= 15 is 0 Å². The van der Waals surface area contributed by atoms with Gasteiger partial charge in [0.2, 0.25) is 0 Å². The lowest BCUT2D eigenvalue weighted by molar-refractivity contribution is -0.0702. The summed E-state index contributed by atoms with van der Waals surface area (Å²) in [5, 5.41) is 20.7. The summed E-state index contributed by atoms with van der Waals surface area (Å²) in [6, 6.07) is 0. The van der Waals surface area contributed by atoms with Crippen LogP contribution in [0.2, 0.25) is 0 Å². The lowest BCUT2D eigenvalue weighted by Gasteiger charge is -2.37. The van der Waals surface area contributed by atoms with E-state index in [1.165, 1.54) is 12.8 Å². The van der Waals surface area contributed by atoms with Crippen LogP contribution in [0.4, 0.5) is 0 Å². The molecule has 2 heteroatoms. The van der Waals surface area contributed by atoms with Gasteiger partial charge in [0.25, 0.3) is 0 Å². The molecule has 116 valence electrons. The Hall–Kier alpha value is -0.0800. The van der Waals surface area contributed by atoms with Gasteiger partial charge < -0.3 is 10.2 Å². The Bertz CT molecular complexity index is 205. The van der Waals surface area contributed by atoms with E-state index in [-0.39, 0.29) is 5.41 Å². The van der Waals surface area contributed by atoms with Gasteiger partial charge in [-0.15, -0.1) is 0 Å². The normalized spacial score (nSPS) is 18.0. The highest BCUT2D eigenvalue weighted by molar-refractivity contribution is 4.86. The maximum absolute atomic E-state index is 10.5. The molecule has 0 aromatic carbocycles. The summed E-state index contributed by atoms with van der Waals surface area (Å²) in [4.78, 5) is 0. The zero-order valence-corrected chi connectivity index (χ0v) is 13.6. The number of aliphatic hydroxyl groups excluding tert-OH is 2. The third-order valence-corrected chi connectivity index (χ3v) is 4.35. The van der Waals surface area contributed by atoms with Gasteiger partial charge in [-0.05, 0) is 24.7 Å². The summed E-state index contributed by atoms with van der Waals surface area (Å²) in [5.74, 6) is 0. The molecule has 2 nitrogen and oxygen atoms in total. The summed E-state index contributed by atoms with van der Waals surface area (Å²) >= 11 is 0. The molecule has 3 unspecified atom stereocenters. The van der Waals surface area contributed by atoms with Crippen molar-refractivity contribution in [1.29, 1.82) is 0 Å². The van der Waals surface area contributed by atoms with Crippen molar-refractivity contribution in [3.05, 3.63) is 0 Å². The minimum atomic E-state index is -0.568. The molecule has 0 radical (unpaired) electrons. The summed E-state index contributed by atoms with van der Waals surface area (Å²) in [7, 11) is 0. The van der Waals surface area contributed by atoms with Crippen LogP contribution in [0.1, 0.15) is 91.9 Å². The second kappa shape index (κ2) is 10.7. The molecule has 0 saturated carbocycles. The minimum Gasteiger partial charge on any atom is -0.390 e. The van der Waals surface area contributed by atoms with Crippen molar-refractivity contribution in [2.45, 2.75) is 104 Å². The van der Waals surface area contributed by atoms with Crippen LogP contribution in [-0.4, -0.2) is 22.4 Å². The molecule has 0 aliphatic heterocycles. The van der Waals surface area contributed by atoms with E-state index < -0.39 is 12.2 Å². The van der Waals surface area contributed by atoms with Crippen LogP contribution in [0.3, 0.4) is 0 Å². The number of aliphatic hydroxyl groups is 2. The first kappa shape index (κ1) is 18.9. The number of hydrogen-bond donors (Lipinski definition) is 2. The molecule has 0 rings (SSSR count). The molecule has 2 N–H and O–H groups in total. The predicted molar refractivity (Wildman–Crippen MR) is 83.3 cm³/mol. The minimum absolute atomic E-state index is 0.116. The summed E-state index contributed by atoms with van der Waals surface area (Å²) in [5.41, 5.74) is -0.116. The molecule has 0 amide bonds. The van der Waals surface area contributed by atoms with E-state index in [0.29, 0.717) is 0 Å². The van der Waals surface area contributed by atoms with E-state index in [1.807, 2.05) is 0 Å². The van der Waals surface area contributed by atoms with Crippen LogP contribution in [0.25, 0.3) is 0 Å². The SMILES string of the molecule is CCCCCC(O)C(O)C(C)(CCC)CCCCC. The Morgan fingerprint density at radius 1 is 0.789 bits per heavy atom. The predicted octanol–water partition coefficient (Wildman–Crippen LogP) is 4.68. The molecule has 19 heavy (non-hydrogen) atoms. The summed E-state index contributed by atoms with van der Waals surface area (Å²) in [6.45, 7) is 8.68. The van der Waals surface area contributed by atoms with Crippen molar-refractivity contribution in [1.82, 2.24) is 0 Å². The second-order valence-electron chi connectivity index (χ2n) is 6.37. The number of unbranched alkanes of at least 4 members (excludes halogenated alkanes) is 4. The summed E-state index contributed by atoms with van der Waals surface area (Å²) < 4.78 is 0. The Morgan fingerprint density at radius 2 is 1.37 bits per heavy atom. The van der Waals surface area contributed by atoms with Crippen molar-refractivity contribution in [2.75, 3.05) is 0 Å². The lowest BCUT2D eigenvalue weighted by Crippen LogP contribution is -2.41. The molecule has 0 spiro atoms. The molecule has 0 heterocycles. The van der Waals surface area contributed by atoms with Gasteiger partial charge in [-0.25, -0.2) is 0 Å². The molecule has 3 atom stereocenters. The zero-order chi connectivity index (χ0) is 14.7. The topological polar surface area (TPSA) is 40.5 Å². The third kappa shape index (κ3) is 7.31. The highest BCUT2D eigenvalue weighted by Gasteiger charge is 2.35. The van der Waals surface area contributed by atoms with Gasteiger partial charge in [-0.1, -0.05) is 72.6 Å². The first-order valence-corrected chi connectivity index (χ1v) is 8.38. The van der Waals surface area contributed by atoms with E-state index in [1.54, 1.807) is 0 Å². The van der Waals surface area contributed by atoms with Crippen LogP contribution in [0.15, 0.2) is 0 Å². The molecule has 0 saturated heterocycles. The van der Waals surface area contributed by atoms with Crippen LogP contribution in [-0.2, 0) is 0 Å². The average molecular weight is 272 g/mol.